The Morgan fingerprint density at radius 3 is 1.36 bits per heavy atom. The molecule has 0 radical (unpaired) electrons. The maximum absolute atomic E-state index is 14.4. The largest absolute Gasteiger partial charge is 0.466 e. The fraction of sp³-hybridized carbons (Fsp3) is 0.304. The number of methoxy groups -OCH3 is 2. The predicted molar refractivity (Wildman–Crippen MR) is 221 cm³/mol. The van der Waals surface area contributed by atoms with E-state index in [4.69, 9.17) is 23.4 Å². The smallest absolute Gasteiger partial charge is 0.416 e. The summed E-state index contributed by atoms with van der Waals surface area (Å²) < 4.78 is 279. The van der Waals surface area contributed by atoms with Crippen molar-refractivity contribution in [2.24, 2.45) is 0 Å². The normalized spacial score (nSPS) is 15.5. The summed E-state index contributed by atoms with van der Waals surface area (Å²) in [5.41, 5.74) is -23.4. The molecule has 0 saturated heterocycles. The van der Waals surface area contributed by atoms with Crippen LogP contribution in [0.15, 0.2) is 81.0 Å². The van der Waals surface area contributed by atoms with Gasteiger partial charge in [0.15, 0.2) is 5.09 Å². The van der Waals surface area contributed by atoms with Crippen molar-refractivity contribution in [1.29, 1.82) is 0 Å². The highest BCUT2D eigenvalue weighted by Gasteiger charge is 2.58. The van der Waals surface area contributed by atoms with Crippen LogP contribution in [0.2, 0.25) is 0 Å². The second-order valence-corrected chi connectivity index (χ2v) is 17.5. The zero-order valence-corrected chi connectivity index (χ0v) is 38.8. The van der Waals surface area contributed by atoms with Crippen molar-refractivity contribution in [3.63, 3.8) is 0 Å². The number of carbonyl (C=O) groups is 5. The number of hydrogen-bond donors (Lipinski definition) is 0. The molecule has 0 aliphatic carbocycles. The standard InChI is InChI=1S/C46H26F18O12S/c1-17-4-28(73-34(66)18-6-21(41(47,48)49)12-22(7-18)42(50,51)52)32-29(5-17)75-38-27(33(32)65)15-31(77-38)40(39(70)72-3,76-36(68)20-10-25(45(59,60)61)14-26(11-20)46(62,63)64)16-30(37(69)71-2)74-35(67)19-8-23(43(53,54)55)13-24(9-19)44(56,57)58/h4-14,30-31H,15-16H2,1-3H3/t30-,31+,40-/m1/s1. The van der Waals surface area contributed by atoms with Crippen molar-refractivity contribution in [1.82, 2.24) is 0 Å². The Balaban J connectivity index is 1.53. The van der Waals surface area contributed by atoms with E-state index in [9.17, 15) is 108 Å². The van der Waals surface area contributed by atoms with Gasteiger partial charge in [-0.15, -0.1) is 0 Å². The van der Waals surface area contributed by atoms with Crippen molar-refractivity contribution in [3.05, 3.63) is 138 Å². The topological polar surface area (TPSA) is 162 Å². The first-order chi connectivity index (χ1) is 35.2. The molecule has 0 bridgehead atoms. The number of carbonyl (C=O) groups excluding carboxylic acids is 5. The Morgan fingerprint density at radius 2 is 0.974 bits per heavy atom. The molecule has 31 heteroatoms. The summed E-state index contributed by atoms with van der Waals surface area (Å²) in [5, 5.41) is -3.69. The third-order valence-electron chi connectivity index (χ3n) is 11.0. The van der Waals surface area contributed by atoms with Gasteiger partial charge < -0.3 is 28.1 Å². The van der Waals surface area contributed by atoms with Gasteiger partial charge >= 0.3 is 66.9 Å². The van der Waals surface area contributed by atoms with Gasteiger partial charge in [0.25, 0.3) is 0 Å². The molecule has 6 rings (SSSR count). The van der Waals surface area contributed by atoms with Gasteiger partial charge in [0.2, 0.25) is 17.1 Å². The highest BCUT2D eigenvalue weighted by atomic mass is 32.2. The minimum absolute atomic E-state index is 0.0216. The monoisotopic (exact) mass is 1140 g/mol. The second kappa shape index (κ2) is 20.5. The van der Waals surface area contributed by atoms with E-state index >= 15 is 0 Å². The second-order valence-electron chi connectivity index (χ2n) is 16.3. The molecule has 4 aromatic carbocycles. The van der Waals surface area contributed by atoms with E-state index < -0.39 is 192 Å². The van der Waals surface area contributed by atoms with E-state index in [1.807, 2.05) is 0 Å². The maximum atomic E-state index is 14.4. The fourth-order valence-corrected chi connectivity index (χ4v) is 8.84. The molecule has 0 amide bonds. The Morgan fingerprint density at radius 1 is 0.571 bits per heavy atom. The molecule has 0 saturated carbocycles. The average molecular weight is 1140 g/mol. The van der Waals surface area contributed by atoms with Gasteiger partial charge in [-0.05, 0) is 85.6 Å². The Hall–Kier alpha value is -7.47. The summed E-state index contributed by atoms with van der Waals surface area (Å²) in [4.78, 5) is 82.9. The van der Waals surface area contributed by atoms with E-state index in [0.29, 0.717) is 14.2 Å². The molecule has 0 N–H and O–H groups in total. The summed E-state index contributed by atoms with van der Waals surface area (Å²) in [7, 11) is 0.985. The number of rotatable bonds is 11. The third-order valence-corrected chi connectivity index (χ3v) is 12.4. The van der Waals surface area contributed by atoms with Crippen molar-refractivity contribution < 1.29 is 131 Å². The lowest BCUT2D eigenvalue weighted by Crippen LogP contribution is -2.56. The van der Waals surface area contributed by atoms with Crippen molar-refractivity contribution in [3.8, 4) is 5.75 Å². The number of fused-ring (bicyclic) bond motifs is 2. The summed E-state index contributed by atoms with van der Waals surface area (Å²) in [6.45, 7) is 1.23. The molecule has 77 heavy (non-hydrogen) atoms. The van der Waals surface area contributed by atoms with Crippen LogP contribution in [-0.2, 0) is 72.0 Å². The molecule has 5 aromatic rings. The number of ether oxygens (including phenoxy) is 5. The van der Waals surface area contributed by atoms with Crippen LogP contribution in [0.25, 0.3) is 11.0 Å². The van der Waals surface area contributed by atoms with Crippen LogP contribution in [0, 0.1) is 6.92 Å². The number of benzene rings is 4. The number of aryl methyl sites for hydroxylation is 1. The maximum Gasteiger partial charge on any atom is 0.416 e. The lowest BCUT2D eigenvalue weighted by molar-refractivity contribution is -0.171. The van der Waals surface area contributed by atoms with Crippen LogP contribution in [0.4, 0.5) is 79.0 Å². The summed E-state index contributed by atoms with van der Waals surface area (Å²) in [5.74, 6) is -11.3. The Labute approximate surface area is 420 Å². The highest BCUT2D eigenvalue weighted by molar-refractivity contribution is 8.00. The van der Waals surface area contributed by atoms with E-state index in [-0.39, 0.29) is 59.8 Å². The van der Waals surface area contributed by atoms with E-state index in [2.05, 4.69) is 4.74 Å². The highest BCUT2D eigenvalue weighted by Crippen LogP contribution is 2.48. The van der Waals surface area contributed by atoms with Gasteiger partial charge in [-0.3, -0.25) is 4.79 Å². The summed E-state index contributed by atoms with van der Waals surface area (Å²) >= 11 is 0.116. The Kier molecular flexibility index (Phi) is 15.6. The van der Waals surface area contributed by atoms with Crippen molar-refractivity contribution in [2.75, 3.05) is 14.2 Å². The minimum atomic E-state index is -5.66. The predicted octanol–water partition coefficient (Wildman–Crippen LogP) is 12.0. The Bertz CT molecular complexity index is 3160. The molecule has 0 spiro atoms. The third kappa shape index (κ3) is 12.7. The molecule has 2 heterocycles. The van der Waals surface area contributed by atoms with E-state index in [0.717, 1.165) is 12.1 Å². The van der Waals surface area contributed by atoms with Crippen LogP contribution in [0.3, 0.4) is 0 Å². The van der Waals surface area contributed by atoms with Crippen LogP contribution in [0.5, 0.6) is 5.75 Å². The SMILES string of the molecule is COC(=O)[C@@H](C[C@](OC(=O)c1cc(C(F)(F)F)cc(C(F)(F)F)c1)(C(=O)OC)[C@@H]1Cc2c(oc3cc(C)cc(OC(=O)c4cc(C(F)(F)F)cc(C(F)(F)F)c4)c3c2=O)S1)OC(=O)c1cc(C(F)(F)F)cc(C(F)(F)F)c1. The molecule has 1 aliphatic heterocycles. The van der Waals surface area contributed by atoms with Crippen molar-refractivity contribution >= 4 is 52.6 Å². The van der Waals surface area contributed by atoms with Gasteiger partial charge in [0, 0.05) is 6.42 Å². The first-order valence-electron chi connectivity index (χ1n) is 20.7. The molecular formula is C46H26F18O12S. The average Bonchev–Trinajstić information content (AvgIpc) is 3.75. The number of halogens is 18. The van der Waals surface area contributed by atoms with Crippen LogP contribution >= 0.6 is 11.8 Å². The quantitative estimate of drug-likeness (QED) is 0.0532. The molecule has 1 aliphatic rings. The number of esters is 5. The van der Waals surface area contributed by atoms with Gasteiger partial charge in [-0.1, -0.05) is 11.8 Å². The number of alkyl halides is 18. The molecule has 12 nitrogen and oxygen atoms in total. The van der Waals surface area contributed by atoms with Gasteiger partial charge in [-0.25, -0.2) is 24.0 Å². The zero-order valence-electron chi connectivity index (χ0n) is 38.0. The van der Waals surface area contributed by atoms with Gasteiger partial charge in [0.1, 0.15) is 16.7 Å². The van der Waals surface area contributed by atoms with E-state index in [1.165, 1.54) is 6.92 Å². The molecule has 1 aromatic heterocycles. The fourth-order valence-electron chi connectivity index (χ4n) is 7.45. The van der Waals surface area contributed by atoms with E-state index in [1.54, 1.807) is 0 Å². The minimum Gasteiger partial charge on any atom is -0.466 e. The molecule has 0 unspecified atom stereocenters. The molecule has 3 atom stereocenters. The van der Waals surface area contributed by atoms with Crippen LogP contribution < -0.4 is 10.2 Å². The van der Waals surface area contributed by atoms with Gasteiger partial charge in [0.05, 0.1) is 75.1 Å². The number of thioether (sulfide) groups is 1. The van der Waals surface area contributed by atoms with Crippen LogP contribution in [0.1, 0.15) is 82.0 Å². The van der Waals surface area contributed by atoms with Crippen LogP contribution in [-0.4, -0.2) is 61.0 Å². The number of hydrogen-bond acceptors (Lipinski definition) is 13. The van der Waals surface area contributed by atoms with Gasteiger partial charge in [-0.2, -0.15) is 79.0 Å². The first-order valence-corrected chi connectivity index (χ1v) is 21.5. The molecule has 0 fully saturated rings. The van der Waals surface area contributed by atoms with Crippen molar-refractivity contribution in [2.45, 2.75) is 78.9 Å². The zero-order chi connectivity index (χ0) is 57.9. The molecular weight excluding hydrogens is 1120 g/mol. The summed E-state index contributed by atoms with van der Waals surface area (Å²) in [6.07, 6.45) is -39.3. The molecule has 414 valence electrons. The lowest BCUT2D eigenvalue weighted by Gasteiger charge is -2.36. The lowest BCUT2D eigenvalue weighted by atomic mass is 9.88. The summed E-state index contributed by atoms with van der Waals surface area (Å²) in [6, 6.07) is -0.172. The first kappa shape index (κ1) is 58.8.